The summed E-state index contributed by atoms with van der Waals surface area (Å²) in [6.07, 6.45) is 6.93. The second-order valence-corrected chi connectivity index (χ2v) is 6.50. The maximum absolute atomic E-state index is 5.43. The summed E-state index contributed by atoms with van der Waals surface area (Å²) in [7, 11) is 2.13. The highest BCUT2D eigenvalue weighted by molar-refractivity contribution is 5.34. The summed E-state index contributed by atoms with van der Waals surface area (Å²) < 4.78 is 5.43. The molecule has 0 bridgehead atoms. The molecule has 0 radical (unpaired) electrons. The Morgan fingerprint density at radius 1 is 1.32 bits per heavy atom. The van der Waals surface area contributed by atoms with Gasteiger partial charge in [-0.25, -0.2) is 0 Å². The van der Waals surface area contributed by atoms with Crippen LogP contribution in [0.5, 0.6) is 0 Å². The quantitative estimate of drug-likeness (QED) is 0.849. The molecule has 0 aromatic carbocycles. The van der Waals surface area contributed by atoms with Gasteiger partial charge in [0.2, 0.25) is 0 Å². The number of pyridine rings is 1. The van der Waals surface area contributed by atoms with E-state index >= 15 is 0 Å². The monoisotopic (exact) mass is 299 g/mol. The second kappa shape index (κ2) is 6.63. The molecule has 0 N–H and O–H groups in total. The summed E-state index contributed by atoms with van der Waals surface area (Å²) in [6.45, 7) is 8.44. The first-order chi connectivity index (χ1) is 10.6. The van der Waals surface area contributed by atoms with E-state index in [0.29, 0.717) is 6.04 Å². The van der Waals surface area contributed by atoms with Crippen molar-refractivity contribution in [3.05, 3.63) is 53.2 Å². The number of hydrogen-bond donors (Lipinski definition) is 0. The number of nitrogens with zero attached hydrogens (tertiary/aromatic N) is 3. The van der Waals surface area contributed by atoms with Crippen molar-refractivity contribution in [3.63, 3.8) is 0 Å². The summed E-state index contributed by atoms with van der Waals surface area (Å²) in [5, 5.41) is 0. The van der Waals surface area contributed by atoms with Crippen LogP contribution in [0.3, 0.4) is 0 Å². The van der Waals surface area contributed by atoms with E-state index in [1.807, 2.05) is 24.5 Å². The third-order valence-corrected chi connectivity index (χ3v) is 4.43. The lowest BCUT2D eigenvalue weighted by Crippen LogP contribution is -2.36. The van der Waals surface area contributed by atoms with Gasteiger partial charge in [-0.2, -0.15) is 0 Å². The summed E-state index contributed by atoms with van der Waals surface area (Å²) in [5.74, 6) is 1.01. The smallest absolute Gasteiger partial charge is 0.117 e. The maximum Gasteiger partial charge on any atom is 0.117 e. The molecule has 2 aromatic rings. The van der Waals surface area contributed by atoms with Crippen LogP contribution in [0.25, 0.3) is 0 Å². The van der Waals surface area contributed by atoms with Gasteiger partial charge in [-0.1, -0.05) is 0 Å². The minimum atomic E-state index is 0.596. The lowest BCUT2D eigenvalue weighted by molar-refractivity contribution is 0.201. The van der Waals surface area contributed by atoms with E-state index in [2.05, 4.69) is 35.7 Å². The molecule has 1 aliphatic heterocycles. The molecule has 0 saturated carbocycles. The van der Waals surface area contributed by atoms with Crippen molar-refractivity contribution in [2.24, 2.45) is 0 Å². The van der Waals surface area contributed by atoms with Crippen molar-refractivity contribution in [3.8, 4) is 0 Å². The molecule has 118 valence electrons. The van der Waals surface area contributed by atoms with Gasteiger partial charge < -0.3 is 4.42 Å². The lowest BCUT2D eigenvalue weighted by atomic mass is 9.96. The minimum absolute atomic E-state index is 0.596. The van der Waals surface area contributed by atoms with Gasteiger partial charge in [-0.15, -0.1) is 0 Å². The van der Waals surface area contributed by atoms with Crippen LogP contribution in [0.15, 0.2) is 35.2 Å². The minimum Gasteiger partial charge on any atom is -0.468 e. The van der Waals surface area contributed by atoms with Gasteiger partial charge >= 0.3 is 0 Å². The summed E-state index contributed by atoms with van der Waals surface area (Å²) in [5.41, 5.74) is 4.25. The zero-order valence-corrected chi connectivity index (χ0v) is 13.7. The molecular weight excluding hydrogens is 274 g/mol. The Kier molecular flexibility index (Phi) is 4.60. The van der Waals surface area contributed by atoms with Gasteiger partial charge in [0.05, 0.1) is 12.8 Å². The standard InChI is InChI=1S/C18H25N3O/c1-14(2)21-7-6-18-15(9-19-10-16(18)12-21)11-20(3)13-17-5-4-8-22-17/h4-5,8-10,14H,6-7,11-13H2,1-3H3. The highest BCUT2D eigenvalue weighted by Crippen LogP contribution is 2.24. The van der Waals surface area contributed by atoms with Crippen LogP contribution < -0.4 is 0 Å². The van der Waals surface area contributed by atoms with Crippen LogP contribution in [0.2, 0.25) is 0 Å². The van der Waals surface area contributed by atoms with E-state index in [9.17, 15) is 0 Å². The number of aromatic nitrogens is 1. The molecule has 1 aliphatic rings. The molecule has 0 fully saturated rings. The summed E-state index contributed by atoms with van der Waals surface area (Å²) in [6, 6.07) is 4.56. The molecule has 0 spiro atoms. The summed E-state index contributed by atoms with van der Waals surface area (Å²) >= 11 is 0. The first-order valence-electron chi connectivity index (χ1n) is 8.03. The van der Waals surface area contributed by atoms with Crippen LogP contribution in [0.4, 0.5) is 0 Å². The Morgan fingerprint density at radius 3 is 2.91 bits per heavy atom. The second-order valence-electron chi connectivity index (χ2n) is 6.50. The number of fused-ring (bicyclic) bond motifs is 1. The van der Waals surface area contributed by atoms with Crippen molar-refractivity contribution in [2.45, 2.75) is 45.9 Å². The fourth-order valence-electron chi connectivity index (χ4n) is 3.18. The average Bonchev–Trinajstić information content (AvgIpc) is 2.99. The van der Waals surface area contributed by atoms with Gasteiger partial charge in [0.25, 0.3) is 0 Å². The highest BCUT2D eigenvalue weighted by Gasteiger charge is 2.21. The van der Waals surface area contributed by atoms with Crippen LogP contribution in [0.1, 0.15) is 36.3 Å². The Labute approximate surface area is 132 Å². The molecule has 0 amide bonds. The van der Waals surface area contributed by atoms with Crippen molar-refractivity contribution in [1.82, 2.24) is 14.8 Å². The van der Waals surface area contributed by atoms with Crippen molar-refractivity contribution in [2.75, 3.05) is 13.6 Å². The van der Waals surface area contributed by atoms with E-state index in [0.717, 1.165) is 38.4 Å². The number of rotatable bonds is 5. The van der Waals surface area contributed by atoms with E-state index in [1.165, 1.54) is 16.7 Å². The Bertz CT molecular complexity index is 607. The molecule has 22 heavy (non-hydrogen) atoms. The van der Waals surface area contributed by atoms with E-state index in [-0.39, 0.29) is 0 Å². The SMILES string of the molecule is CC(C)N1CCc2c(CN(C)Cc3ccco3)cncc2C1. The van der Waals surface area contributed by atoms with Crippen molar-refractivity contribution >= 4 is 0 Å². The Hall–Kier alpha value is -1.65. The predicted molar refractivity (Wildman–Crippen MR) is 87.4 cm³/mol. The van der Waals surface area contributed by atoms with Crippen molar-refractivity contribution < 1.29 is 4.42 Å². The van der Waals surface area contributed by atoms with Gasteiger partial charge in [0, 0.05) is 38.1 Å². The molecule has 3 heterocycles. The topological polar surface area (TPSA) is 32.5 Å². The molecule has 0 unspecified atom stereocenters. The lowest BCUT2D eigenvalue weighted by Gasteiger charge is -2.33. The molecule has 2 aromatic heterocycles. The fraction of sp³-hybridized carbons (Fsp3) is 0.500. The molecule has 3 rings (SSSR count). The van der Waals surface area contributed by atoms with Crippen LogP contribution >= 0.6 is 0 Å². The average molecular weight is 299 g/mol. The number of hydrogen-bond acceptors (Lipinski definition) is 4. The zero-order valence-electron chi connectivity index (χ0n) is 13.7. The van der Waals surface area contributed by atoms with Crippen LogP contribution in [0, 0.1) is 0 Å². The highest BCUT2D eigenvalue weighted by atomic mass is 16.3. The summed E-state index contributed by atoms with van der Waals surface area (Å²) in [4.78, 5) is 9.26. The molecule has 0 saturated heterocycles. The van der Waals surface area contributed by atoms with Crippen LogP contribution in [-0.4, -0.2) is 34.4 Å². The third kappa shape index (κ3) is 3.39. The largest absolute Gasteiger partial charge is 0.468 e. The third-order valence-electron chi connectivity index (χ3n) is 4.43. The van der Waals surface area contributed by atoms with Gasteiger partial charge in [0.15, 0.2) is 0 Å². The van der Waals surface area contributed by atoms with Gasteiger partial charge in [0.1, 0.15) is 5.76 Å². The Morgan fingerprint density at radius 2 is 2.18 bits per heavy atom. The normalized spacial score (nSPS) is 15.5. The van der Waals surface area contributed by atoms with Gasteiger partial charge in [-0.05, 0) is 56.1 Å². The maximum atomic E-state index is 5.43. The Balaban J connectivity index is 1.71. The van der Waals surface area contributed by atoms with E-state index in [1.54, 1.807) is 6.26 Å². The van der Waals surface area contributed by atoms with E-state index in [4.69, 9.17) is 4.42 Å². The molecular formula is C18H25N3O. The number of furan rings is 1. The molecule has 0 atom stereocenters. The first-order valence-corrected chi connectivity index (χ1v) is 8.03. The van der Waals surface area contributed by atoms with Crippen LogP contribution in [-0.2, 0) is 26.1 Å². The molecule has 0 aliphatic carbocycles. The van der Waals surface area contributed by atoms with Crippen molar-refractivity contribution in [1.29, 1.82) is 0 Å². The molecule has 4 heteroatoms. The van der Waals surface area contributed by atoms with E-state index < -0.39 is 0 Å². The molecule has 4 nitrogen and oxygen atoms in total. The predicted octanol–water partition coefficient (Wildman–Crippen LogP) is 3.07. The first kappa shape index (κ1) is 15.3. The zero-order chi connectivity index (χ0) is 15.5. The fourth-order valence-corrected chi connectivity index (χ4v) is 3.18. The van der Waals surface area contributed by atoms with Gasteiger partial charge in [-0.3, -0.25) is 14.8 Å².